The molecule has 0 bridgehead atoms. The second-order valence-electron chi connectivity index (χ2n) is 3.89. The van der Waals surface area contributed by atoms with E-state index in [0.29, 0.717) is 10.6 Å². The van der Waals surface area contributed by atoms with Crippen molar-refractivity contribution in [1.82, 2.24) is 9.88 Å². The van der Waals surface area contributed by atoms with Gasteiger partial charge in [0.2, 0.25) is 0 Å². The predicted molar refractivity (Wildman–Crippen MR) is 64.3 cm³/mol. The molecular weight excluding hydrogens is 258 g/mol. The average Bonchev–Trinajstić information content (AvgIpc) is 2.26. The van der Waals surface area contributed by atoms with Gasteiger partial charge < -0.3 is 9.31 Å². The Morgan fingerprint density at radius 1 is 1.28 bits per heavy atom. The Hall–Kier alpha value is -1.60. The van der Waals surface area contributed by atoms with Gasteiger partial charge >= 0.3 is 19.1 Å². The summed E-state index contributed by atoms with van der Waals surface area (Å²) in [7, 11) is 0.514. The number of pyridine rings is 1. The molecule has 1 aliphatic rings. The van der Waals surface area contributed by atoms with E-state index in [9.17, 15) is 9.59 Å². The second-order valence-corrected chi connectivity index (χ2v) is 4.32. The van der Waals surface area contributed by atoms with Crippen LogP contribution in [0.4, 0.5) is 0 Å². The molecule has 6 nitrogen and oxygen atoms in total. The van der Waals surface area contributed by atoms with Gasteiger partial charge in [-0.05, 0) is 19.2 Å². The standard InChI is InChI=1S/C10H10BClN2O4/c1-14-5-9(15)17-11(18-10(16)6-14)8-3-2-7(12)4-13-8/h2-4H,5-6H2,1H3. The zero-order valence-corrected chi connectivity index (χ0v) is 10.4. The van der Waals surface area contributed by atoms with Crippen molar-refractivity contribution in [2.45, 2.75) is 0 Å². The average molecular weight is 268 g/mol. The molecule has 0 N–H and O–H groups in total. The van der Waals surface area contributed by atoms with Gasteiger partial charge in [-0.25, -0.2) is 0 Å². The van der Waals surface area contributed by atoms with E-state index in [1.165, 1.54) is 11.1 Å². The molecule has 18 heavy (non-hydrogen) atoms. The predicted octanol–water partition coefficient (Wildman–Crippen LogP) is -0.538. The van der Waals surface area contributed by atoms with Crippen molar-refractivity contribution in [3.63, 3.8) is 0 Å². The van der Waals surface area contributed by atoms with Crippen LogP contribution in [0.25, 0.3) is 0 Å². The maximum Gasteiger partial charge on any atom is 0.656 e. The Bertz CT molecular complexity index is 447. The van der Waals surface area contributed by atoms with Crippen molar-refractivity contribution in [3.8, 4) is 0 Å². The molecule has 0 aliphatic carbocycles. The Kier molecular flexibility index (Phi) is 3.83. The number of nitrogens with zero attached hydrogens (tertiary/aromatic N) is 2. The van der Waals surface area contributed by atoms with Crippen LogP contribution in [-0.4, -0.2) is 49.1 Å². The van der Waals surface area contributed by atoms with Gasteiger partial charge in [0.15, 0.2) is 0 Å². The van der Waals surface area contributed by atoms with Crippen molar-refractivity contribution >= 4 is 36.3 Å². The SMILES string of the molecule is CN1CC(=O)OB(c2ccc(Cl)cn2)OC(=O)C1. The molecule has 8 heteroatoms. The number of aromatic nitrogens is 1. The first-order valence-corrected chi connectivity index (χ1v) is 5.61. The minimum atomic E-state index is -1.11. The van der Waals surface area contributed by atoms with Crippen LogP contribution in [0, 0.1) is 0 Å². The zero-order valence-electron chi connectivity index (χ0n) is 9.63. The van der Waals surface area contributed by atoms with Crippen LogP contribution >= 0.6 is 11.6 Å². The van der Waals surface area contributed by atoms with Crippen LogP contribution < -0.4 is 5.59 Å². The smallest absolute Gasteiger partial charge is 0.493 e. The molecule has 1 fully saturated rings. The van der Waals surface area contributed by atoms with Crippen molar-refractivity contribution in [2.24, 2.45) is 0 Å². The van der Waals surface area contributed by atoms with E-state index in [2.05, 4.69) is 4.98 Å². The second kappa shape index (κ2) is 5.37. The van der Waals surface area contributed by atoms with E-state index in [1.807, 2.05) is 0 Å². The summed E-state index contributed by atoms with van der Waals surface area (Å²) in [5.74, 6) is -0.960. The van der Waals surface area contributed by atoms with E-state index < -0.39 is 19.1 Å². The number of likely N-dealkylation sites (N-methyl/N-ethyl adjacent to an activating group) is 1. The lowest BCUT2D eigenvalue weighted by molar-refractivity contribution is -0.145. The topological polar surface area (TPSA) is 68.7 Å². The first-order valence-electron chi connectivity index (χ1n) is 5.23. The van der Waals surface area contributed by atoms with E-state index in [-0.39, 0.29) is 13.1 Å². The van der Waals surface area contributed by atoms with Gasteiger partial charge in [0.25, 0.3) is 0 Å². The van der Waals surface area contributed by atoms with Crippen LogP contribution in [0.1, 0.15) is 0 Å². The molecule has 1 aromatic heterocycles. The lowest BCUT2D eigenvalue weighted by Crippen LogP contribution is -2.48. The van der Waals surface area contributed by atoms with Gasteiger partial charge in [-0.3, -0.25) is 19.5 Å². The molecule has 0 amide bonds. The Labute approximate surface area is 109 Å². The third kappa shape index (κ3) is 3.21. The minimum absolute atomic E-state index is 0.0270. The Morgan fingerprint density at radius 3 is 2.39 bits per heavy atom. The highest BCUT2D eigenvalue weighted by Gasteiger charge is 2.34. The number of carbonyl (C=O) groups excluding carboxylic acids is 2. The van der Waals surface area contributed by atoms with Crippen molar-refractivity contribution in [1.29, 1.82) is 0 Å². The van der Waals surface area contributed by atoms with E-state index in [4.69, 9.17) is 20.9 Å². The highest BCUT2D eigenvalue weighted by molar-refractivity contribution is 6.63. The Balaban J connectivity index is 2.18. The lowest BCUT2D eigenvalue weighted by atomic mass is 9.83. The summed E-state index contributed by atoms with van der Waals surface area (Å²) in [6.45, 7) is 0.0539. The normalized spacial score (nSPS) is 17.8. The fourth-order valence-corrected chi connectivity index (χ4v) is 1.59. The summed E-state index contributed by atoms with van der Waals surface area (Å²) in [6.07, 6.45) is 1.39. The van der Waals surface area contributed by atoms with Gasteiger partial charge in [-0.1, -0.05) is 11.6 Å². The molecule has 1 saturated heterocycles. The van der Waals surface area contributed by atoms with Crippen LogP contribution in [0.15, 0.2) is 18.3 Å². The summed E-state index contributed by atoms with van der Waals surface area (Å²) in [6, 6.07) is 3.12. The molecule has 2 heterocycles. The van der Waals surface area contributed by atoms with Crippen LogP contribution in [0.3, 0.4) is 0 Å². The summed E-state index contributed by atoms with van der Waals surface area (Å²) < 4.78 is 10.1. The first-order chi connectivity index (χ1) is 8.54. The van der Waals surface area contributed by atoms with E-state index in [1.54, 1.807) is 19.2 Å². The molecule has 0 unspecified atom stereocenters. The first kappa shape index (κ1) is 12.9. The van der Waals surface area contributed by atoms with Crippen LogP contribution in [0.2, 0.25) is 5.02 Å². The molecule has 1 aromatic rings. The third-order valence-electron chi connectivity index (χ3n) is 2.27. The van der Waals surface area contributed by atoms with Crippen molar-refractivity contribution in [2.75, 3.05) is 20.1 Å². The highest BCUT2D eigenvalue weighted by Crippen LogP contribution is 2.04. The monoisotopic (exact) mass is 268 g/mol. The van der Waals surface area contributed by atoms with Crippen LogP contribution in [-0.2, 0) is 18.9 Å². The molecule has 0 aromatic carbocycles. The zero-order chi connectivity index (χ0) is 13.1. The molecule has 2 rings (SSSR count). The highest BCUT2D eigenvalue weighted by atomic mass is 35.5. The number of halogens is 1. The van der Waals surface area contributed by atoms with Gasteiger partial charge in [0.05, 0.1) is 18.1 Å². The quantitative estimate of drug-likeness (QED) is 0.637. The maximum absolute atomic E-state index is 11.5. The number of hydrogen-bond acceptors (Lipinski definition) is 6. The molecule has 0 saturated carbocycles. The molecule has 0 atom stereocenters. The third-order valence-corrected chi connectivity index (χ3v) is 2.49. The van der Waals surface area contributed by atoms with E-state index in [0.717, 1.165) is 0 Å². The maximum atomic E-state index is 11.5. The lowest BCUT2D eigenvalue weighted by Gasteiger charge is -2.22. The molecule has 94 valence electrons. The number of carbonyl (C=O) groups is 2. The number of hydrogen-bond donors (Lipinski definition) is 0. The summed E-state index contributed by atoms with van der Waals surface area (Å²) >= 11 is 5.70. The van der Waals surface area contributed by atoms with Gasteiger partial charge in [-0.2, -0.15) is 0 Å². The minimum Gasteiger partial charge on any atom is -0.493 e. The van der Waals surface area contributed by atoms with E-state index >= 15 is 0 Å². The van der Waals surface area contributed by atoms with Crippen LogP contribution in [0.5, 0.6) is 0 Å². The largest absolute Gasteiger partial charge is 0.656 e. The molecule has 1 aliphatic heterocycles. The van der Waals surface area contributed by atoms with Gasteiger partial charge in [0, 0.05) is 6.20 Å². The van der Waals surface area contributed by atoms with Crippen molar-refractivity contribution < 1.29 is 18.9 Å². The fourth-order valence-electron chi connectivity index (χ4n) is 1.48. The Morgan fingerprint density at radius 2 is 1.89 bits per heavy atom. The molecular formula is C10H10BClN2O4. The number of rotatable bonds is 1. The molecule has 0 spiro atoms. The summed E-state index contributed by atoms with van der Waals surface area (Å²) in [5.41, 5.74) is 0.325. The fraction of sp³-hybridized carbons (Fsp3) is 0.300. The van der Waals surface area contributed by atoms with Gasteiger partial charge in [0.1, 0.15) is 5.59 Å². The van der Waals surface area contributed by atoms with Crippen molar-refractivity contribution in [3.05, 3.63) is 23.4 Å². The van der Waals surface area contributed by atoms with Gasteiger partial charge in [-0.15, -0.1) is 0 Å². The molecule has 0 radical (unpaired) electrons. The summed E-state index contributed by atoms with van der Waals surface area (Å²) in [5, 5.41) is 0.446. The summed E-state index contributed by atoms with van der Waals surface area (Å²) in [4.78, 5) is 28.5.